The minimum absolute atomic E-state index is 0.178. The van der Waals surface area contributed by atoms with E-state index < -0.39 is 0 Å². The van der Waals surface area contributed by atoms with E-state index in [4.69, 9.17) is 11.0 Å². The summed E-state index contributed by atoms with van der Waals surface area (Å²) in [6.07, 6.45) is 2.41. The molecule has 0 heterocycles. The third-order valence-electron chi connectivity index (χ3n) is 5.74. The zero-order valence-corrected chi connectivity index (χ0v) is 15.9. The molecule has 3 nitrogen and oxygen atoms in total. The lowest BCUT2D eigenvalue weighted by molar-refractivity contribution is 0.332. The van der Waals surface area contributed by atoms with Gasteiger partial charge in [0, 0.05) is 12.7 Å². The lowest BCUT2D eigenvalue weighted by atomic mass is 9.63. The molecule has 3 rings (SSSR count). The Kier molecular flexibility index (Phi) is 4.03. The molecule has 0 saturated heterocycles. The summed E-state index contributed by atoms with van der Waals surface area (Å²) in [5, 5.41) is 9.03. The van der Waals surface area contributed by atoms with Crippen molar-refractivity contribution in [1.29, 1.82) is 5.26 Å². The van der Waals surface area contributed by atoms with Gasteiger partial charge in [0.25, 0.3) is 0 Å². The quantitative estimate of drug-likeness (QED) is 0.763. The molecule has 0 radical (unpaired) electrons. The standard InChI is InChI=1S/C22H27N3/c1-21(2)10-11-22(3,4)18-13-16(7-8-17(18)21)25(5)20-9-6-15(14-23)12-19(20)24/h6-9,12-13H,10-11,24H2,1-5H3. The number of rotatable bonds is 2. The van der Waals surface area contributed by atoms with Crippen molar-refractivity contribution in [3.05, 3.63) is 53.1 Å². The molecule has 25 heavy (non-hydrogen) atoms. The number of nitrogens with zero attached hydrogens (tertiary/aromatic N) is 2. The van der Waals surface area contributed by atoms with E-state index in [0.717, 1.165) is 11.4 Å². The second kappa shape index (κ2) is 5.81. The smallest absolute Gasteiger partial charge is 0.0992 e. The third kappa shape index (κ3) is 2.98. The van der Waals surface area contributed by atoms with E-state index in [1.165, 1.54) is 24.0 Å². The fourth-order valence-electron chi connectivity index (χ4n) is 3.85. The van der Waals surface area contributed by atoms with Gasteiger partial charge in [-0.2, -0.15) is 5.26 Å². The summed E-state index contributed by atoms with van der Waals surface area (Å²) in [4.78, 5) is 2.11. The van der Waals surface area contributed by atoms with Crippen LogP contribution in [0.4, 0.5) is 17.1 Å². The molecule has 1 aliphatic rings. The number of fused-ring (bicyclic) bond motifs is 1. The van der Waals surface area contributed by atoms with E-state index in [-0.39, 0.29) is 10.8 Å². The highest BCUT2D eigenvalue weighted by molar-refractivity contribution is 5.76. The van der Waals surface area contributed by atoms with E-state index in [2.05, 4.69) is 56.9 Å². The van der Waals surface area contributed by atoms with Crippen LogP contribution >= 0.6 is 0 Å². The van der Waals surface area contributed by atoms with Gasteiger partial charge in [0.1, 0.15) is 0 Å². The average Bonchev–Trinajstić information content (AvgIpc) is 2.58. The molecule has 0 saturated carbocycles. The van der Waals surface area contributed by atoms with Gasteiger partial charge in [-0.1, -0.05) is 33.8 Å². The number of benzene rings is 2. The summed E-state index contributed by atoms with van der Waals surface area (Å²) in [6.45, 7) is 9.34. The largest absolute Gasteiger partial charge is 0.397 e. The van der Waals surface area contributed by atoms with Crippen LogP contribution in [-0.4, -0.2) is 7.05 Å². The first-order chi connectivity index (χ1) is 11.7. The predicted octanol–water partition coefficient (Wildman–Crippen LogP) is 5.26. The van der Waals surface area contributed by atoms with Crippen LogP contribution < -0.4 is 10.6 Å². The van der Waals surface area contributed by atoms with E-state index in [1.807, 2.05) is 19.2 Å². The summed E-state index contributed by atoms with van der Waals surface area (Å²) in [6, 6.07) is 14.4. The first-order valence-corrected chi connectivity index (χ1v) is 8.84. The van der Waals surface area contributed by atoms with Crippen molar-refractivity contribution in [2.24, 2.45) is 0 Å². The molecule has 2 N–H and O–H groups in total. The molecular formula is C22H27N3. The molecule has 0 spiro atoms. The topological polar surface area (TPSA) is 53.0 Å². The molecule has 2 aromatic carbocycles. The Morgan fingerprint density at radius 3 is 2.20 bits per heavy atom. The van der Waals surface area contributed by atoms with Crippen LogP contribution in [0.25, 0.3) is 0 Å². The zero-order valence-electron chi connectivity index (χ0n) is 15.9. The maximum absolute atomic E-state index is 9.03. The highest BCUT2D eigenvalue weighted by Crippen LogP contribution is 2.47. The van der Waals surface area contributed by atoms with Gasteiger partial charge >= 0.3 is 0 Å². The van der Waals surface area contributed by atoms with Gasteiger partial charge in [-0.05, 0) is 65.1 Å². The van der Waals surface area contributed by atoms with E-state index in [1.54, 1.807) is 6.07 Å². The average molecular weight is 333 g/mol. The second-order valence-electron chi connectivity index (χ2n) is 8.44. The van der Waals surface area contributed by atoms with Gasteiger partial charge in [-0.25, -0.2) is 0 Å². The Bertz CT molecular complexity index is 856. The van der Waals surface area contributed by atoms with Crippen molar-refractivity contribution < 1.29 is 0 Å². The zero-order chi connectivity index (χ0) is 18.4. The highest BCUT2D eigenvalue weighted by atomic mass is 15.1. The van der Waals surface area contributed by atoms with Gasteiger partial charge in [0.05, 0.1) is 23.0 Å². The highest BCUT2D eigenvalue weighted by Gasteiger charge is 2.37. The molecule has 0 aliphatic heterocycles. The number of hydrogen-bond donors (Lipinski definition) is 1. The number of hydrogen-bond acceptors (Lipinski definition) is 3. The molecule has 0 fully saturated rings. The minimum atomic E-state index is 0.178. The Morgan fingerprint density at radius 2 is 1.60 bits per heavy atom. The van der Waals surface area contributed by atoms with Crippen molar-refractivity contribution >= 4 is 17.1 Å². The third-order valence-corrected chi connectivity index (χ3v) is 5.74. The van der Waals surface area contributed by atoms with Crippen molar-refractivity contribution in [2.75, 3.05) is 17.7 Å². The normalized spacial score (nSPS) is 17.4. The van der Waals surface area contributed by atoms with Crippen LogP contribution in [0.5, 0.6) is 0 Å². The molecule has 3 heteroatoms. The van der Waals surface area contributed by atoms with Crippen molar-refractivity contribution in [3.8, 4) is 6.07 Å². The van der Waals surface area contributed by atoms with Crippen LogP contribution in [0.3, 0.4) is 0 Å². The summed E-state index contributed by atoms with van der Waals surface area (Å²) in [5.41, 5.74) is 12.7. The fraction of sp³-hybridized carbons (Fsp3) is 0.409. The number of nitriles is 1. The van der Waals surface area contributed by atoms with Gasteiger partial charge in [-0.3, -0.25) is 0 Å². The molecule has 0 amide bonds. The van der Waals surface area contributed by atoms with Crippen LogP contribution in [-0.2, 0) is 10.8 Å². The lowest BCUT2D eigenvalue weighted by Crippen LogP contribution is -2.34. The SMILES string of the molecule is CN(c1ccc2c(c1)C(C)(C)CCC2(C)C)c1ccc(C#N)cc1N. The second-order valence-corrected chi connectivity index (χ2v) is 8.44. The maximum Gasteiger partial charge on any atom is 0.0992 e. The summed E-state index contributed by atoms with van der Waals surface area (Å²) < 4.78 is 0. The molecule has 0 aromatic heterocycles. The van der Waals surface area contributed by atoms with E-state index in [9.17, 15) is 0 Å². The van der Waals surface area contributed by atoms with Gasteiger partial charge < -0.3 is 10.6 Å². The van der Waals surface area contributed by atoms with Crippen LogP contribution in [0.2, 0.25) is 0 Å². The van der Waals surface area contributed by atoms with Crippen LogP contribution in [0.15, 0.2) is 36.4 Å². The number of nitrogens with two attached hydrogens (primary N) is 1. The van der Waals surface area contributed by atoms with Crippen LogP contribution in [0, 0.1) is 11.3 Å². The predicted molar refractivity (Wildman–Crippen MR) is 105 cm³/mol. The molecule has 0 bridgehead atoms. The molecule has 0 unspecified atom stereocenters. The lowest BCUT2D eigenvalue weighted by Gasteiger charge is -2.42. The van der Waals surface area contributed by atoms with E-state index in [0.29, 0.717) is 11.3 Å². The fourth-order valence-corrected chi connectivity index (χ4v) is 3.85. The first-order valence-electron chi connectivity index (χ1n) is 8.84. The molecule has 130 valence electrons. The summed E-state index contributed by atoms with van der Waals surface area (Å²) in [7, 11) is 2.03. The van der Waals surface area contributed by atoms with Crippen LogP contribution in [0.1, 0.15) is 57.2 Å². The molecule has 2 aromatic rings. The van der Waals surface area contributed by atoms with Crippen molar-refractivity contribution in [2.45, 2.75) is 51.4 Å². The van der Waals surface area contributed by atoms with E-state index >= 15 is 0 Å². The van der Waals surface area contributed by atoms with Gasteiger partial charge in [-0.15, -0.1) is 0 Å². The number of anilines is 3. The first kappa shape index (κ1) is 17.4. The Morgan fingerprint density at radius 1 is 0.960 bits per heavy atom. The van der Waals surface area contributed by atoms with Gasteiger partial charge in [0.15, 0.2) is 0 Å². The summed E-state index contributed by atoms with van der Waals surface area (Å²) >= 11 is 0. The van der Waals surface area contributed by atoms with Gasteiger partial charge in [0.2, 0.25) is 0 Å². The Balaban J connectivity index is 2.06. The minimum Gasteiger partial charge on any atom is -0.397 e. The Hall–Kier alpha value is -2.47. The van der Waals surface area contributed by atoms with Crippen molar-refractivity contribution in [3.63, 3.8) is 0 Å². The molecule has 1 aliphatic carbocycles. The number of nitrogen functional groups attached to an aromatic ring is 1. The monoisotopic (exact) mass is 333 g/mol. The summed E-state index contributed by atoms with van der Waals surface area (Å²) in [5.74, 6) is 0. The Labute approximate surface area is 151 Å². The molecule has 0 atom stereocenters. The van der Waals surface area contributed by atoms with Crippen molar-refractivity contribution in [1.82, 2.24) is 0 Å². The molecular weight excluding hydrogens is 306 g/mol. The maximum atomic E-state index is 9.03.